The van der Waals surface area contributed by atoms with Crippen molar-refractivity contribution in [2.45, 2.75) is 6.42 Å². The van der Waals surface area contributed by atoms with Crippen LogP contribution in [0.1, 0.15) is 5.56 Å². The number of carbonyl (C=O) groups is 1. The second-order valence-corrected chi connectivity index (χ2v) is 3.61. The summed E-state index contributed by atoms with van der Waals surface area (Å²) in [4.78, 5) is 10.3. The standard InChI is InChI=1S/C14H12O3/c15-10-9-11-1-5-13(6-2-11)17-14-7-3-12(16)4-8-14/h1-8,10,16H,9H2. The van der Waals surface area contributed by atoms with Gasteiger partial charge in [-0.1, -0.05) is 12.1 Å². The topological polar surface area (TPSA) is 46.5 Å². The first kappa shape index (κ1) is 11.2. The van der Waals surface area contributed by atoms with Crippen molar-refractivity contribution in [2.24, 2.45) is 0 Å². The second-order valence-electron chi connectivity index (χ2n) is 3.61. The molecule has 17 heavy (non-hydrogen) atoms. The van der Waals surface area contributed by atoms with E-state index < -0.39 is 0 Å². The monoisotopic (exact) mass is 228 g/mol. The van der Waals surface area contributed by atoms with Crippen LogP contribution in [0.5, 0.6) is 17.2 Å². The molecular formula is C14H12O3. The molecule has 0 saturated heterocycles. The minimum Gasteiger partial charge on any atom is -0.508 e. The van der Waals surface area contributed by atoms with Gasteiger partial charge in [0.25, 0.3) is 0 Å². The fraction of sp³-hybridized carbons (Fsp3) is 0.0714. The smallest absolute Gasteiger partial charge is 0.127 e. The van der Waals surface area contributed by atoms with E-state index >= 15 is 0 Å². The Bertz CT molecular complexity index is 486. The highest BCUT2D eigenvalue weighted by atomic mass is 16.5. The third-order valence-electron chi connectivity index (χ3n) is 2.31. The number of aromatic hydroxyl groups is 1. The number of hydrogen-bond donors (Lipinski definition) is 1. The predicted octanol–water partition coefficient (Wildman–Crippen LogP) is 2.93. The lowest BCUT2D eigenvalue weighted by atomic mass is 10.2. The highest BCUT2D eigenvalue weighted by Gasteiger charge is 1.98. The third-order valence-corrected chi connectivity index (χ3v) is 2.31. The van der Waals surface area contributed by atoms with Gasteiger partial charge in [0.1, 0.15) is 23.5 Å². The lowest BCUT2D eigenvalue weighted by Crippen LogP contribution is -1.87. The van der Waals surface area contributed by atoms with Crippen LogP contribution in [0.4, 0.5) is 0 Å². The van der Waals surface area contributed by atoms with E-state index in [1.54, 1.807) is 24.3 Å². The summed E-state index contributed by atoms with van der Waals surface area (Å²) in [7, 11) is 0. The molecule has 0 spiro atoms. The Morgan fingerprint density at radius 2 is 1.47 bits per heavy atom. The summed E-state index contributed by atoms with van der Waals surface area (Å²) >= 11 is 0. The van der Waals surface area contributed by atoms with Gasteiger partial charge in [-0.2, -0.15) is 0 Å². The van der Waals surface area contributed by atoms with Crippen molar-refractivity contribution in [1.29, 1.82) is 0 Å². The van der Waals surface area contributed by atoms with E-state index in [1.807, 2.05) is 24.3 Å². The molecule has 2 aromatic carbocycles. The van der Waals surface area contributed by atoms with Gasteiger partial charge in [0.15, 0.2) is 0 Å². The van der Waals surface area contributed by atoms with Crippen molar-refractivity contribution in [2.75, 3.05) is 0 Å². The maximum Gasteiger partial charge on any atom is 0.127 e. The van der Waals surface area contributed by atoms with E-state index in [0.29, 0.717) is 17.9 Å². The molecule has 0 fully saturated rings. The number of carbonyl (C=O) groups excluding carboxylic acids is 1. The van der Waals surface area contributed by atoms with Gasteiger partial charge in [-0.05, 0) is 42.0 Å². The van der Waals surface area contributed by atoms with Crippen molar-refractivity contribution in [3.8, 4) is 17.2 Å². The number of phenols is 1. The van der Waals surface area contributed by atoms with Crippen LogP contribution in [0.2, 0.25) is 0 Å². The molecule has 0 heterocycles. The Balaban J connectivity index is 2.08. The van der Waals surface area contributed by atoms with Crippen molar-refractivity contribution in [3.05, 3.63) is 54.1 Å². The molecule has 2 rings (SSSR count). The Morgan fingerprint density at radius 1 is 0.941 bits per heavy atom. The highest BCUT2D eigenvalue weighted by molar-refractivity contribution is 5.55. The molecule has 3 heteroatoms. The predicted molar refractivity (Wildman–Crippen MR) is 64.4 cm³/mol. The summed E-state index contributed by atoms with van der Waals surface area (Å²) in [6, 6.07) is 13.8. The van der Waals surface area contributed by atoms with Gasteiger partial charge in [-0.3, -0.25) is 0 Å². The SMILES string of the molecule is O=CCc1ccc(Oc2ccc(O)cc2)cc1. The third kappa shape index (κ3) is 3.08. The van der Waals surface area contributed by atoms with Crippen molar-refractivity contribution < 1.29 is 14.6 Å². The fourth-order valence-corrected chi connectivity index (χ4v) is 1.44. The lowest BCUT2D eigenvalue weighted by Gasteiger charge is -2.06. The Kier molecular flexibility index (Phi) is 3.40. The first-order valence-corrected chi connectivity index (χ1v) is 5.27. The van der Waals surface area contributed by atoms with Crippen LogP contribution in [0.15, 0.2) is 48.5 Å². The summed E-state index contributed by atoms with van der Waals surface area (Å²) in [6.07, 6.45) is 1.29. The van der Waals surface area contributed by atoms with Crippen molar-refractivity contribution in [1.82, 2.24) is 0 Å². The van der Waals surface area contributed by atoms with Gasteiger partial charge in [-0.25, -0.2) is 0 Å². The molecule has 0 amide bonds. The number of benzene rings is 2. The van der Waals surface area contributed by atoms with Gasteiger partial charge in [0.05, 0.1) is 0 Å². The molecule has 0 atom stereocenters. The zero-order valence-electron chi connectivity index (χ0n) is 9.17. The van der Waals surface area contributed by atoms with Crippen LogP contribution >= 0.6 is 0 Å². The highest BCUT2D eigenvalue weighted by Crippen LogP contribution is 2.23. The minimum absolute atomic E-state index is 0.207. The van der Waals surface area contributed by atoms with Crippen LogP contribution in [0, 0.1) is 0 Å². The first-order chi connectivity index (χ1) is 8.28. The van der Waals surface area contributed by atoms with Gasteiger partial charge in [0, 0.05) is 6.42 Å². The minimum atomic E-state index is 0.207. The van der Waals surface area contributed by atoms with Crippen molar-refractivity contribution >= 4 is 6.29 Å². The van der Waals surface area contributed by atoms with Crippen LogP contribution < -0.4 is 4.74 Å². The summed E-state index contributed by atoms with van der Waals surface area (Å²) in [5, 5.41) is 9.13. The Hall–Kier alpha value is -2.29. The van der Waals surface area contributed by atoms with Crippen LogP contribution in [-0.2, 0) is 11.2 Å². The average molecular weight is 228 g/mol. The number of aldehydes is 1. The number of phenolic OH excluding ortho intramolecular Hbond substituents is 1. The van der Waals surface area contributed by atoms with Crippen LogP contribution in [0.25, 0.3) is 0 Å². The van der Waals surface area contributed by atoms with Crippen molar-refractivity contribution in [3.63, 3.8) is 0 Å². The average Bonchev–Trinajstić information content (AvgIpc) is 2.35. The molecule has 0 saturated carbocycles. The molecule has 0 unspecified atom stereocenters. The normalized spacial score (nSPS) is 9.88. The number of hydrogen-bond acceptors (Lipinski definition) is 3. The van der Waals surface area contributed by atoms with E-state index in [4.69, 9.17) is 9.84 Å². The van der Waals surface area contributed by atoms with Crippen LogP contribution in [0.3, 0.4) is 0 Å². The molecule has 0 aliphatic rings. The van der Waals surface area contributed by atoms with E-state index in [1.165, 1.54) is 0 Å². The summed E-state index contributed by atoms with van der Waals surface area (Å²) in [5.41, 5.74) is 0.957. The van der Waals surface area contributed by atoms with E-state index in [2.05, 4.69) is 0 Å². The summed E-state index contributed by atoms with van der Waals surface area (Å²) in [6.45, 7) is 0. The van der Waals surface area contributed by atoms with Gasteiger partial charge >= 0.3 is 0 Å². The second kappa shape index (κ2) is 5.16. The van der Waals surface area contributed by atoms with Crippen LogP contribution in [-0.4, -0.2) is 11.4 Å². The zero-order chi connectivity index (χ0) is 12.1. The number of ether oxygens (including phenoxy) is 1. The fourth-order valence-electron chi connectivity index (χ4n) is 1.44. The number of rotatable bonds is 4. The van der Waals surface area contributed by atoms with E-state index in [0.717, 1.165) is 11.8 Å². The van der Waals surface area contributed by atoms with Gasteiger partial charge < -0.3 is 14.6 Å². The molecule has 0 aliphatic carbocycles. The van der Waals surface area contributed by atoms with Gasteiger partial charge in [-0.15, -0.1) is 0 Å². The molecule has 0 radical (unpaired) electrons. The molecule has 1 N–H and O–H groups in total. The maximum atomic E-state index is 10.3. The molecular weight excluding hydrogens is 216 g/mol. The molecule has 0 aliphatic heterocycles. The Labute approximate surface area is 99.3 Å². The Morgan fingerprint density at radius 3 is 2.00 bits per heavy atom. The molecule has 0 bridgehead atoms. The van der Waals surface area contributed by atoms with E-state index in [9.17, 15) is 4.79 Å². The zero-order valence-corrected chi connectivity index (χ0v) is 9.17. The molecule has 2 aromatic rings. The van der Waals surface area contributed by atoms with Gasteiger partial charge in [0.2, 0.25) is 0 Å². The molecule has 0 aromatic heterocycles. The summed E-state index contributed by atoms with van der Waals surface area (Å²) < 4.78 is 5.57. The lowest BCUT2D eigenvalue weighted by molar-refractivity contribution is -0.107. The maximum absolute atomic E-state index is 10.3. The molecule has 86 valence electrons. The largest absolute Gasteiger partial charge is 0.508 e. The molecule has 3 nitrogen and oxygen atoms in total. The van der Waals surface area contributed by atoms with E-state index in [-0.39, 0.29) is 5.75 Å². The quantitative estimate of drug-likeness (QED) is 0.818. The first-order valence-electron chi connectivity index (χ1n) is 5.27. The summed E-state index contributed by atoms with van der Waals surface area (Å²) in [5.74, 6) is 1.56.